The zero-order valence-electron chi connectivity index (χ0n) is 9.46. The molecule has 4 nitrogen and oxygen atoms in total. The van der Waals surface area contributed by atoms with Gasteiger partial charge in [-0.2, -0.15) is 0 Å². The van der Waals surface area contributed by atoms with Gasteiger partial charge in [-0.15, -0.1) is 0 Å². The fourth-order valence-electron chi connectivity index (χ4n) is 2.62. The van der Waals surface area contributed by atoms with Crippen molar-refractivity contribution in [2.24, 2.45) is 0 Å². The summed E-state index contributed by atoms with van der Waals surface area (Å²) in [6, 6.07) is 0.700. The van der Waals surface area contributed by atoms with E-state index >= 15 is 0 Å². The third-order valence-corrected chi connectivity index (χ3v) is 3.45. The second-order valence-electron chi connectivity index (χ2n) is 4.50. The van der Waals surface area contributed by atoms with E-state index in [9.17, 15) is 4.79 Å². The Morgan fingerprint density at radius 2 is 2.33 bits per heavy atom. The molecule has 1 amide bonds. The van der Waals surface area contributed by atoms with Gasteiger partial charge in [-0.25, -0.2) is 0 Å². The third kappa shape index (κ3) is 2.49. The van der Waals surface area contributed by atoms with Gasteiger partial charge in [-0.1, -0.05) is 6.92 Å². The molecule has 0 radical (unpaired) electrons. The van der Waals surface area contributed by atoms with Crippen LogP contribution >= 0.6 is 0 Å². The molecule has 2 rings (SSSR count). The standard InChI is InChI=1S/C11H21N3O/c1-2-10-11(15)13-6-7-14(10)8-9-4-3-5-12-9/h9-10,12H,2-8H2,1H3,(H,13,15). The van der Waals surface area contributed by atoms with Crippen LogP contribution in [0.4, 0.5) is 0 Å². The molecule has 0 aliphatic carbocycles. The summed E-state index contributed by atoms with van der Waals surface area (Å²) in [6.45, 7) is 6.07. The molecular formula is C11H21N3O. The SMILES string of the molecule is CCC1C(=O)NCCN1CC1CCCN1. The number of nitrogens with zero attached hydrogens (tertiary/aromatic N) is 1. The highest BCUT2D eigenvalue weighted by atomic mass is 16.2. The van der Waals surface area contributed by atoms with Gasteiger partial charge in [0, 0.05) is 25.7 Å². The summed E-state index contributed by atoms with van der Waals surface area (Å²) in [6.07, 6.45) is 3.45. The summed E-state index contributed by atoms with van der Waals surface area (Å²) in [7, 11) is 0. The Balaban J connectivity index is 1.90. The minimum absolute atomic E-state index is 0.0983. The second-order valence-corrected chi connectivity index (χ2v) is 4.50. The van der Waals surface area contributed by atoms with Gasteiger partial charge in [0.2, 0.25) is 5.91 Å². The minimum atomic E-state index is 0.0983. The Kier molecular flexibility index (Phi) is 3.59. The Labute approximate surface area is 91.4 Å². The number of piperazine rings is 1. The molecule has 0 spiro atoms. The Morgan fingerprint density at radius 3 is 3.00 bits per heavy atom. The van der Waals surface area contributed by atoms with Gasteiger partial charge in [-0.05, 0) is 25.8 Å². The quantitative estimate of drug-likeness (QED) is 0.688. The van der Waals surface area contributed by atoms with E-state index < -0.39 is 0 Å². The van der Waals surface area contributed by atoms with Crippen LogP contribution in [-0.2, 0) is 4.79 Å². The summed E-state index contributed by atoms with van der Waals surface area (Å²) < 4.78 is 0. The molecule has 2 aliphatic rings. The van der Waals surface area contributed by atoms with Crippen molar-refractivity contribution in [1.82, 2.24) is 15.5 Å². The zero-order valence-corrected chi connectivity index (χ0v) is 9.46. The highest BCUT2D eigenvalue weighted by Crippen LogP contribution is 2.13. The van der Waals surface area contributed by atoms with Gasteiger partial charge < -0.3 is 10.6 Å². The Morgan fingerprint density at radius 1 is 1.47 bits per heavy atom. The molecule has 86 valence electrons. The number of carbonyl (C=O) groups excluding carboxylic acids is 1. The van der Waals surface area contributed by atoms with E-state index in [1.54, 1.807) is 0 Å². The van der Waals surface area contributed by atoms with Crippen molar-refractivity contribution >= 4 is 5.91 Å². The van der Waals surface area contributed by atoms with Gasteiger partial charge in [0.15, 0.2) is 0 Å². The maximum absolute atomic E-state index is 11.6. The second kappa shape index (κ2) is 4.94. The van der Waals surface area contributed by atoms with Crippen molar-refractivity contribution in [2.45, 2.75) is 38.3 Å². The van der Waals surface area contributed by atoms with Gasteiger partial charge in [0.05, 0.1) is 6.04 Å². The Hall–Kier alpha value is -0.610. The molecule has 2 aliphatic heterocycles. The summed E-state index contributed by atoms with van der Waals surface area (Å²) in [5.41, 5.74) is 0. The van der Waals surface area contributed by atoms with Crippen LogP contribution in [0.3, 0.4) is 0 Å². The third-order valence-electron chi connectivity index (χ3n) is 3.45. The highest BCUT2D eigenvalue weighted by Gasteiger charge is 2.30. The van der Waals surface area contributed by atoms with Crippen molar-refractivity contribution in [1.29, 1.82) is 0 Å². The molecule has 0 aromatic heterocycles. The summed E-state index contributed by atoms with van der Waals surface area (Å²) >= 11 is 0. The summed E-state index contributed by atoms with van der Waals surface area (Å²) in [5.74, 6) is 0.210. The largest absolute Gasteiger partial charge is 0.353 e. The number of rotatable bonds is 3. The molecule has 0 saturated carbocycles. The number of hydrogen-bond acceptors (Lipinski definition) is 3. The monoisotopic (exact) mass is 211 g/mol. The van der Waals surface area contributed by atoms with Crippen molar-refractivity contribution in [3.8, 4) is 0 Å². The molecule has 4 heteroatoms. The molecular weight excluding hydrogens is 190 g/mol. The lowest BCUT2D eigenvalue weighted by Gasteiger charge is -2.36. The minimum Gasteiger partial charge on any atom is -0.353 e. The predicted molar refractivity (Wildman–Crippen MR) is 59.7 cm³/mol. The van der Waals surface area contributed by atoms with E-state index in [0.29, 0.717) is 6.04 Å². The van der Waals surface area contributed by atoms with E-state index in [1.165, 1.54) is 12.8 Å². The molecule has 0 bridgehead atoms. The first-order valence-electron chi connectivity index (χ1n) is 6.06. The van der Waals surface area contributed by atoms with Gasteiger partial charge >= 0.3 is 0 Å². The predicted octanol–water partition coefficient (Wildman–Crippen LogP) is -0.0512. The first-order chi connectivity index (χ1) is 7.31. The van der Waals surface area contributed by atoms with Crippen LogP contribution in [0.5, 0.6) is 0 Å². The number of carbonyl (C=O) groups is 1. The number of amides is 1. The van der Waals surface area contributed by atoms with Gasteiger partial charge in [0.1, 0.15) is 0 Å². The topological polar surface area (TPSA) is 44.4 Å². The molecule has 2 N–H and O–H groups in total. The maximum atomic E-state index is 11.6. The van der Waals surface area contributed by atoms with Crippen molar-refractivity contribution in [3.05, 3.63) is 0 Å². The number of nitrogens with one attached hydrogen (secondary N) is 2. The highest BCUT2D eigenvalue weighted by molar-refractivity contribution is 5.82. The average Bonchev–Trinajstić information content (AvgIpc) is 2.71. The van der Waals surface area contributed by atoms with Crippen molar-refractivity contribution < 1.29 is 4.79 Å². The summed E-state index contributed by atoms with van der Waals surface area (Å²) in [5, 5.41) is 6.43. The van der Waals surface area contributed by atoms with Crippen LogP contribution in [0.25, 0.3) is 0 Å². The lowest BCUT2D eigenvalue weighted by atomic mass is 10.1. The fourth-order valence-corrected chi connectivity index (χ4v) is 2.62. The van der Waals surface area contributed by atoms with Crippen LogP contribution in [0.1, 0.15) is 26.2 Å². The molecule has 2 heterocycles. The number of hydrogen-bond donors (Lipinski definition) is 2. The van der Waals surface area contributed by atoms with Crippen molar-refractivity contribution in [2.75, 3.05) is 26.2 Å². The van der Waals surface area contributed by atoms with Crippen LogP contribution in [0, 0.1) is 0 Å². The van der Waals surface area contributed by atoms with E-state index in [2.05, 4.69) is 22.5 Å². The molecule has 2 atom stereocenters. The fraction of sp³-hybridized carbons (Fsp3) is 0.909. The van der Waals surface area contributed by atoms with Crippen LogP contribution in [0.15, 0.2) is 0 Å². The molecule has 0 aromatic rings. The van der Waals surface area contributed by atoms with E-state index in [0.717, 1.165) is 32.6 Å². The van der Waals surface area contributed by atoms with Crippen molar-refractivity contribution in [3.63, 3.8) is 0 Å². The Bertz CT molecular complexity index is 226. The lowest BCUT2D eigenvalue weighted by Crippen LogP contribution is -2.57. The van der Waals surface area contributed by atoms with Gasteiger partial charge in [0.25, 0.3) is 0 Å². The molecule has 15 heavy (non-hydrogen) atoms. The first-order valence-corrected chi connectivity index (χ1v) is 6.06. The molecule has 2 fully saturated rings. The van der Waals surface area contributed by atoms with E-state index in [4.69, 9.17) is 0 Å². The van der Waals surface area contributed by atoms with E-state index in [1.807, 2.05) is 0 Å². The smallest absolute Gasteiger partial charge is 0.237 e. The molecule has 0 aromatic carbocycles. The molecule has 2 saturated heterocycles. The molecule has 2 unspecified atom stereocenters. The lowest BCUT2D eigenvalue weighted by molar-refractivity contribution is -0.129. The first kappa shape index (κ1) is 10.9. The average molecular weight is 211 g/mol. The zero-order chi connectivity index (χ0) is 10.7. The van der Waals surface area contributed by atoms with Crippen LogP contribution < -0.4 is 10.6 Å². The summed E-state index contributed by atoms with van der Waals surface area (Å²) in [4.78, 5) is 14.0. The normalized spacial score (nSPS) is 33.0. The van der Waals surface area contributed by atoms with Gasteiger partial charge in [-0.3, -0.25) is 9.69 Å². The van der Waals surface area contributed by atoms with E-state index in [-0.39, 0.29) is 11.9 Å². The maximum Gasteiger partial charge on any atom is 0.237 e. The van der Waals surface area contributed by atoms with Crippen LogP contribution in [0.2, 0.25) is 0 Å². The van der Waals surface area contributed by atoms with Crippen LogP contribution in [-0.4, -0.2) is 49.1 Å².